The number of benzene rings is 1. The fraction of sp³-hybridized carbons (Fsp3) is 0.308. The molecule has 0 heterocycles. The first-order valence-corrected chi connectivity index (χ1v) is 6.89. The number of methoxy groups -OCH3 is 2. The molecule has 0 radical (unpaired) electrons. The summed E-state index contributed by atoms with van der Waals surface area (Å²) >= 11 is 1.29. The van der Waals surface area contributed by atoms with E-state index in [1.807, 2.05) is 6.19 Å². The van der Waals surface area contributed by atoms with Gasteiger partial charge >= 0.3 is 5.97 Å². The van der Waals surface area contributed by atoms with Crippen molar-refractivity contribution in [1.82, 2.24) is 5.32 Å². The maximum Gasteiger partial charge on any atom is 0.310 e. The molecule has 1 aromatic carbocycles. The highest BCUT2D eigenvalue weighted by molar-refractivity contribution is 8.13. The van der Waals surface area contributed by atoms with Crippen LogP contribution in [0.25, 0.3) is 0 Å². The van der Waals surface area contributed by atoms with Crippen LogP contribution in [0.4, 0.5) is 5.69 Å². The van der Waals surface area contributed by atoms with Crippen LogP contribution in [0.2, 0.25) is 0 Å². The normalized spacial score (nSPS) is 10.6. The molecule has 0 aliphatic heterocycles. The molecule has 20 heavy (non-hydrogen) atoms. The topological polar surface area (TPSA) is 83.7 Å². The fourth-order valence-corrected chi connectivity index (χ4v) is 1.83. The van der Waals surface area contributed by atoms with Crippen LogP contribution in [-0.2, 0) is 16.0 Å². The predicted molar refractivity (Wildman–Crippen MR) is 78.1 cm³/mol. The van der Waals surface area contributed by atoms with E-state index in [4.69, 9.17) is 10.00 Å². The second kappa shape index (κ2) is 8.07. The van der Waals surface area contributed by atoms with Crippen LogP contribution in [0.1, 0.15) is 5.56 Å². The van der Waals surface area contributed by atoms with E-state index in [1.165, 1.54) is 26.0 Å². The lowest BCUT2D eigenvalue weighted by molar-refractivity contribution is -0.139. The third-order valence-corrected chi connectivity index (χ3v) is 3.01. The number of thioether (sulfide) groups is 1. The van der Waals surface area contributed by atoms with Gasteiger partial charge in [0, 0.05) is 0 Å². The lowest BCUT2D eigenvalue weighted by Gasteiger charge is -2.10. The highest BCUT2D eigenvalue weighted by Gasteiger charge is 2.13. The maximum absolute atomic E-state index is 11.4. The molecule has 0 bridgehead atoms. The molecular formula is C13H15N3O3S. The molecule has 0 spiro atoms. The summed E-state index contributed by atoms with van der Waals surface area (Å²) in [5.41, 5.74) is 1.18. The van der Waals surface area contributed by atoms with Crippen LogP contribution >= 0.6 is 11.8 Å². The standard InChI is InChI=1S/C13H15N3O3S/c1-18-10-6-4-5-9(7-11(17)19-2)12(10)16-13(20-3)15-8-14/h4-6H,7H2,1-3H3,(H,15,16). The molecular weight excluding hydrogens is 278 g/mol. The first kappa shape index (κ1) is 15.9. The number of hydrogen-bond acceptors (Lipinski definition) is 6. The minimum Gasteiger partial charge on any atom is -0.494 e. The molecule has 1 rings (SSSR count). The number of carbonyl (C=O) groups excluding carboxylic acids is 1. The lowest BCUT2D eigenvalue weighted by atomic mass is 10.1. The van der Waals surface area contributed by atoms with E-state index in [0.717, 1.165) is 0 Å². The number of nitrogens with one attached hydrogen (secondary N) is 1. The third-order valence-electron chi connectivity index (χ3n) is 2.43. The average molecular weight is 293 g/mol. The maximum atomic E-state index is 11.4. The lowest BCUT2D eigenvalue weighted by Crippen LogP contribution is -2.13. The Morgan fingerprint density at radius 2 is 2.25 bits per heavy atom. The summed E-state index contributed by atoms with van der Waals surface area (Å²) in [5, 5.41) is 11.6. The van der Waals surface area contributed by atoms with Crippen molar-refractivity contribution in [3.05, 3.63) is 23.8 Å². The van der Waals surface area contributed by atoms with Gasteiger partial charge in [-0.05, 0) is 17.9 Å². The van der Waals surface area contributed by atoms with Crippen LogP contribution in [0.5, 0.6) is 5.75 Å². The molecule has 7 heteroatoms. The summed E-state index contributed by atoms with van der Waals surface area (Å²) in [5.74, 6) is 0.159. The minimum atomic E-state index is -0.367. The van der Waals surface area contributed by atoms with Crippen molar-refractivity contribution in [3.8, 4) is 11.9 Å². The van der Waals surface area contributed by atoms with E-state index < -0.39 is 0 Å². The molecule has 1 N–H and O–H groups in total. The van der Waals surface area contributed by atoms with Gasteiger partial charge in [-0.15, -0.1) is 0 Å². The monoisotopic (exact) mass is 293 g/mol. The van der Waals surface area contributed by atoms with Gasteiger partial charge in [-0.3, -0.25) is 10.1 Å². The first-order chi connectivity index (χ1) is 9.65. The summed E-state index contributed by atoms with van der Waals surface area (Å²) in [6.45, 7) is 0. The Bertz CT molecular complexity index is 552. The van der Waals surface area contributed by atoms with Crippen LogP contribution in [-0.4, -0.2) is 31.6 Å². The zero-order valence-electron chi connectivity index (χ0n) is 11.5. The molecule has 0 aliphatic rings. The van der Waals surface area contributed by atoms with Gasteiger partial charge in [-0.1, -0.05) is 23.9 Å². The molecule has 0 unspecified atom stereocenters. The Balaban J connectivity index is 3.26. The molecule has 0 saturated heterocycles. The largest absolute Gasteiger partial charge is 0.494 e. The van der Waals surface area contributed by atoms with E-state index in [2.05, 4.69) is 15.0 Å². The second-order valence-electron chi connectivity index (χ2n) is 3.58. The Labute approximate surface area is 121 Å². The summed E-state index contributed by atoms with van der Waals surface area (Å²) < 4.78 is 9.91. The van der Waals surface area contributed by atoms with Crippen molar-refractivity contribution in [2.45, 2.75) is 6.42 Å². The molecule has 0 fully saturated rings. The molecule has 0 saturated carbocycles. The van der Waals surface area contributed by atoms with Crippen LogP contribution in [0.15, 0.2) is 23.2 Å². The van der Waals surface area contributed by atoms with Crippen LogP contribution < -0.4 is 10.1 Å². The van der Waals surface area contributed by atoms with Crippen molar-refractivity contribution in [2.75, 3.05) is 20.5 Å². The summed E-state index contributed by atoms with van der Waals surface area (Å²) in [4.78, 5) is 15.8. The number of carbonyl (C=O) groups is 1. The third kappa shape index (κ3) is 4.17. The van der Waals surface area contributed by atoms with E-state index >= 15 is 0 Å². The molecule has 0 amide bonds. The smallest absolute Gasteiger partial charge is 0.310 e. The number of nitrogens with zero attached hydrogens (tertiary/aromatic N) is 2. The van der Waals surface area contributed by atoms with E-state index in [9.17, 15) is 4.79 Å². The number of hydrogen-bond donors (Lipinski definition) is 1. The number of aliphatic imine (C=N–C) groups is 1. The Morgan fingerprint density at radius 3 is 2.80 bits per heavy atom. The number of para-hydroxylation sites is 1. The molecule has 6 nitrogen and oxygen atoms in total. The molecule has 0 aliphatic carbocycles. The quantitative estimate of drug-likeness (QED) is 0.300. The van der Waals surface area contributed by atoms with Gasteiger partial charge in [0.2, 0.25) is 0 Å². The van der Waals surface area contributed by atoms with Gasteiger partial charge in [0.1, 0.15) is 11.4 Å². The second-order valence-corrected chi connectivity index (χ2v) is 4.37. The van der Waals surface area contributed by atoms with Gasteiger partial charge in [0.25, 0.3) is 0 Å². The fourth-order valence-electron chi connectivity index (χ4n) is 1.50. The van der Waals surface area contributed by atoms with E-state index in [0.29, 0.717) is 22.2 Å². The van der Waals surface area contributed by atoms with Crippen LogP contribution in [0, 0.1) is 11.5 Å². The molecule has 0 atom stereocenters. The zero-order valence-corrected chi connectivity index (χ0v) is 12.3. The highest BCUT2D eigenvalue weighted by Crippen LogP contribution is 2.32. The van der Waals surface area contributed by atoms with Crippen molar-refractivity contribution in [2.24, 2.45) is 4.99 Å². The number of nitriles is 1. The zero-order chi connectivity index (χ0) is 15.0. The first-order valence-electron chi connectivity index (χ1n) is 5.66. The van der Waals surface area contributed by atoms with Crippen LogP contribution in [0.3, 0.4) is 0 Å². The Kier molecular flexibility index (Phi) is 6.40. The van der Waals surface area contributed by atoms with Gasteiger partial charge in [-0.25, -0.2) is 4.99 Å². The number of ether oxygens (including phenoxy) is 2. The van der Waals surface area contributed by atoms with Gasteiger partial charge in [-0.2, -0.15) is 5.26 Å². The van der Waals surface area contributed by atoms with E-state index in [-0.39, 0.29) is 12.4 Å². The highest BCUT2D eigenvalue weighted by atomic mass is 32.2. The molecule has 1 aromatic rings. The number of rotatable bonds is 4. The Morgan fingerprint density at radius 1 is 1.50 bits per heavy atom. The number of esters is 1. The minimum absolute atomic E-state index is 0.0841. The van der Waals surface area contributed by atoms with Crippen molar-refractivity contribution < 1.29 is 14.3 Å². The summed E-state index contributed by atoms with van der Waals surface area (Å²) in [6.07, 6.45) is 3.69. The SMILES string of the molecule is COC(=O)Cc1cccc(OC)c1N=C(NC#N)SC. The van der Waals surface area contributed by atoms with Crippen molar-refractivity contribution >= 4 is 28.6 Å². The van der Waals surface area contributed by atoms with Crippen molar-refractivity contribution in [3.63, 3.8) is 0 Å². The summed E-state index contributed by atoms with van der Waals surface area (Å²) in [7, 11) is 2.85. The van der Waals surface area contributed by atoms with E-state index in [1.54, 1.807) is 24.5 Å². The summed E-state index contributed by atoms with van der Waals surface area (Å²) in [6, 6.07) is 5.28. The Hall–Kier alpha value is -2.20. The van der Waals surface area contributed by atoms with Gasteiger partial charge in [0.15, 0.2) is 11.4 Å². The van der Waals surface area contributed by atoms with Gasteiger partial charge in [0.05, 0.1) is 20.6 Å². The predicted octanol–water partition coefficient (Wildman–Crippen LogP) is 1.83. The van der Waals surface area contributed by atoms with Gasteiger partial charge < -0.3 is 9.47 Å². The van der Waals surface area contributed by atoms with Crippen molar-refractivity contribution in [1.29, 1.82) is 5.26 Å². The molecule has 106 valence electrons. The average Bonchev–Trinajstić information content (AvgIpc) is 2.47. The number of amidine groups is 1. The molecule has 0 aromatic heterocycles.